The highest BCUT2D eigenvalue weighted by atomic mass is 28.4. The maximum atomic E-state index is 11.7. The largest absolute Gasteiger partial charge is 0.500 e. The van der Waals surface area contributed by atoms with Crippen LogP contribution in [-0.2, 0) is 18.1 Å². The topological polar surface area (TPSA) is 56.8 Å². The Kier molecular flexibility index (Phi) is 7.92. The second kappa shape index (κ2) is 9.46. The fourth-order valence-electron chi connectivity index (χ4n) is 1.87. The van der Waals surface area contributed by atoms with Crippen molar-refractivity contribution >= 4 is 20.8 Å². The van der Waals surface area contributed by atoms with Gasteiger partial charge in [0.05, 0.1) is 0 Å². The van der Waals surface area contributed by atoms with Gasteiger partial charge in [-0.3, -0.25) is 4.79 Å². The minimum absolute atomic E-state index is 0.113. The van der Waals surface area contributed by atoms with Crippen molar-refractivity contribution in [3.05, 3.63) is 42.0 Å². The van der Waals surface area contributed by atoms with Gasteiger partial charge in [-0.05, 0) is 18.1 Å². The van der Waals surface area contributed by atoms with Crippen molar-refractivity contribution in [1.29, 1.82) is 0 Å². The molecule has 0 atom stereocenters. The molecule has 5 nitrogen and oxygen atoms in total. The first-order valence-corrected chi connectivity index (χ1v) is 8.75. The molecule has 0 fully saturated rings. The smallest absolute Gasteiger partial charge is 0.377 e. The Hall–Kier alpha value is -1.47. The molecular formula is C15H23NO4Si. The van der Waals surface area contributed by atoms with Crippen LogP contribution in [0.1, 0.15) is 12.0 Å². The Morgan fingerprint density at radius 2 is 1.76 bits per heavy atom. The zero-order valence-electron chi connectivity index (χ0n) is 12.8. The van der Waals surface area contributed by atoms with Crippen LogP contribution in [0.5, 0.6) is 0 Å². The molecule has 1 N–H and O–H groups in total. The molecule has 21 heavy (non-hydrogen) atoms. The lowest BCUT2D eigenvalue weighted by atomic mass is 10.2. The van der Waals surface area contributed by atoms with Gasteiger partial charge < -0.3 is 18.6 Å². The molecule has 0 aliphatic rings. The number of hydrogen-bond acceptors (Lipinski definition) is 4. The SMILES string of the molecule is CO[Si](CCCNC(=O)/C=C\c1ccccc1)(OC)OC. The van der Waals surface area contributed by atoms with Gasteiger partial charge in [0, 0.05) is 40.0 Å². The van der Waals surface area contributed by atoms with E-state index in [9.17, 15) is 4.79 Å². The minimum atomic E-state index is -2.53. The molecule has 0 aliphatic heterocycles. The summed E-state index contributed by atoms with van der Waals surface area (Å²) >= 11 is 0. The average molecular weight is 309 g/mol. The molecule has 116 valence electrons. The minimum Gasteiger partial charge on any atom is -0.377 e. The molecule has 0 aliphatic carbocycles. The van der Waals surface area contributed by atoms with Crippen molar-refractivity contribution in [2.45, 2.75) is 12.5 Å². The van der Waals surface area contributed by atoms with Crippen LogP contribution in [-0.4, -0.2) is 42.6 Å². The summed E-state index contributed by atoms with van der Waals surface area (Å²) in [7, 11) is 2.22. The Morgan fingerprint density at radius 1 is 1.14 bits per heavy atom. The lowest BCUT2D eigenvalue weighted by molar-refractivity contribution is -0.116. The second-order valence-electron chi connectivity index (χ2n) is 4.43. The highest BCUT2D eigenvalue weighted by Crippen LogP contribution is 2.14. The summed E-state index contributed by atoms with van der Waals surface area (Å²) < 4.78 is 15.9. The molecule has 1 rings (SSSR count). The van der Waals surface area contributed by atoms with Gasteiger partial charge in [-0.2, -0.15) is 0 Å². The van der Waals surface area contributed by atoms with Gasteiger partial charge in [0.25, 0.3) is 0 Å². The predicted octanol–water partition coefficient (Wildman–Crippen LogP) is 2.08. The van der Waals surface area contributed by atoms with Gasteiger partial charge in [0.2, 0.25) is 5.91 Å². The van der Waals surface area contributed by atoms with Gasteiger partial charge in [-0.25, -0.2) is 0 Å². The molecule has 0 heterocycles. The molecule has 1 aromatic carbocycles. The lowest BCUT2D eigenvalue weighted by Crippen LogP contribution is -2.43. The van der Waals surface area contributed by atoms with E-state index in [0.717, 1.165) is 12.0 Å². The van der Waals surface area contributed by atoms with Crippen LogP contribution in [0.4, 0.5) is 0 Å². The first-order valence-electron chi connectivity index (χ1n) is 6.82. The Bertz CT molecular complexity index is 438. The average Bonchev–Trinajstić information content (AvgIpc) is 2.55. The first-order chi connectivity index (χ1) is 10.2. The maximum Gasteiger partial charge on any atom is 0.500 e. The number of benzene rings is 1. The van der Waals surface area contributed by atoms with Gasteiger partial charge in [-0.15, -0.1) is 0 Å². The summed E-state index contributed by atoms with van der Waals surface area (Å²) in [4.78, 5) is 11.7. The van der Waals surface area contributed by atoms with Crippen molar-refractivity contribution < 1.29 is 18.1 Å². The third-order valence-electron chi connectivity index (χ3n) is 3.12. The fraction of sp³-hybridized carbons (Fsp3) is 0.400. The second-order valence-corrected chi connectivity index (χ2v) is 7.52. The zero-order chi connectivity index (χ0) is 15.6. The van der Waals surface area contributed by atoms with Gasteiger partial charge in [0.1, 0.15) is 0 Å². The summed E-state index contributed by atoms with van der Waals surface area (Å²) in [6.07, 6.45) is 4.06. The van der Waals surface area contributed by atoms with E-state index in [1.54, 1.807) is 27.4 Å². The highest BCUT2D eigenvalue weighted by Gasteiger charge is 2.36. The molecule has 0 radical (unpaired) electrons. The third-order valence-corrected chi connectivity index (χ3v) is 5.95. The van der Waals surface area contributed by atoms with Crippen molar-refractivity contribution in [1.82, 2.24) is 5.32 Å². The zero-order valence-corrected chi connectivity index (χ0v) is 13.8. The molecule has 1 aromatic rings. The van der Waals surface area contributed by atoms with E-state index in [-0.39, 0.29) is 5.91 Å². The van der Waals surface area contributed by atoms with Crippen LogP contribution in [0.15, 0.2) is 36.4 Å². The molecule has 0 unspecified atom stereocenters. The Labute approximate surface area is 127 Å². The molecule has 0 spiro atoms. The Morgan fingerprint density at radius 3 is 2.33 bits per heavy atom. The van der Waals surface area contributed by atoms with E-state index in [4.69, 9.17) is 13.3 Å². The van der Waals surface area contributed by atoms with Crippen LogP contribution in [0.3, 0.4) is 0 Å². The van der Waals surface area contributed by atoms with E-state index in [1.807, 2.05) is 30.3 Å². The molecule has 0 aromatic heterocycles. The molecule has 0 saturated carbocycles. The van der Waals surface area contributed by atoms with Crippen molar-refractivity contribution in [2.75, 3.05) is 27.9 Å². The fourth-order valence-corrected chi connectivity index (χ4v) is 3.59. The highest BCUT2D eigenvalue weighted by molar-refractivity contribution is 6.60. The van der Waals surface area contributed by atoms with E-state index >= 15 is 0 Å². The standard InChI is InChI=1S/C15H23NO4Si/c1-18-21(19-2,20-3)13-7-12-16-15(17)11-10-14-8-5-4-6-9-14/h4-6,8-11H,7,12-13H2,1-3H3,(H,16,17)/b11-10-. The van der Waals surface area contributed by atoms with Gasteiger partial charge >= 0.3 is 8.80 Å². The molecule has 6 heteroatoms. The molecular weight excluding hydrogens is 286 g/mol. The third kappa shape index (κ3) is 6.22. The summed E-state index contributed by atoms with van der Waals surface area (Å²) in [5, 5.41) is 2.83. The summed E-state index contributed by atoms with van der Waals surface area (Å²) in [5.74, 6) is -0.113. The van der Waals surface area contributed by atoms with Crippen molar-refractivity contribution in [2.24, 2.45) is 0 Å². The van der Waals surface area contributed by atoms with Crippen molar-refractivity contribution in [3.8, 4) is 0 Å². The van der Waals surface area contributed by atoms with Gasteiger partial charge in [-0.1, -0.05) is 30.3 Å². The van der Waals surface area contributed by atoms with Crippen LogP contribution in [0, 0.1) is 0 Å². The Balaban J connectivity index is 2.29. The predicted molar refractivity (Wildman–Crippen MR) is 84.7 cm³/mol. The number of rotatable bonds is 9. The monoisotopic (exact) mass is 309 g/mol. The maximum absolute atomic E-state index is 11.7. The van der Waals surface area contributed by atoms with Crippen LogP contribution >= 0.6 is 0 Å². The first kappa shape index (κ1) is 17.6. The molecule has 0 bridgehead atoms. The number of carbonyl (C=O) groups excluding carboxylic acids is 1. The van der Waals surface area contributed by atoms with Crippen LogP contribution in [0.2, 0.25) is 6.04 Å². The number of carbonyl (C=O) groups is 1. The summed E-state index contributed by atoms with van der Waals surface area (Å²) in [5.41, 5.74) is 0.997. The van der Waals surface area contributed by atoms with Crippen LogP contribution in [0.25, 0.3) is 6.08 Å². The summed E-state index contributed by atoms with van der Waals surface area (Å²) in [6, 6.07) is 10.4. The number of hydrogen-bond donors (Lipinski definition) is 1. The van der Waals surface area contributed by atoms with E-state index in [0.29, 0.717) is 12.6 Å². The molecule has 0 saturated heterocycles. The number of nitrogens with one attached hydrogen (secondary N) is 1. The van der Waals surface area contributed by atoms with E-state index in [1.165, 1.54) is 6.08 Å². The number of amides is 1. The van der Waals surface area contributed by atoms with E-state index in [2.05, 4.69) is 5.32 Å². The van der Waals surface area contributed by atoms with E-state index < -0.39 is 8.80 Å². The summed E-state index contributed by atoms with van der Waals surface area (Å²) in [6.45, 7) is 0.558. The lowest BCUT2D eigenvalue weighted by Gasteiger charge is -2.24. The van der Waals surface area contributed by atoms with Crippen LogP contribution < -0.4 is 5.32 Å². The normalized spacial score (nSPS) is 11.8. The van der Waals surface area contributed by atoms with Crippen molar-refractivity contribution in [3.63, 3.8) is 0 Å². The van der Waals surface area contributed by atoms with Gasteiger partial charge in [0.15, 0.2) is 0 Å². The quantitative estimate of drug-likeness (QED) is 0.431. The molecule has 1 amide bonds.